The highest BCUT2D eigenvalue weighted by Crippen LogP contribution is 2.31. The first-order valence-electron chi connectivity index (χ1n) is 8.53. The highest BCUT2D eigenvalue weighted by molar-refractivity contribution is 5.91. The third-order valence-electron chi connectivity index (χ3n) is 4.32. The van der Waals surface area contributed by atoms with Crippen LogP contribution < -0.4 is 5.43 Å². The topological polar surface area (TPSA) is 80.8 Å². The normalized spacial score (nSPS) is 20.6. The van der Waals surface area contributed by atoms with Crippen molar-refractivity contribution in [1.29, 1.82) is 0 Å². The van der Waals surface area contributed by atoms with Gasteiger partial charge in [-0.15, -0.1) is 0 Å². The van der Waals surface area contributed by atoms with Crippen LogP contribution in [-0.2, 0) is 11.8 Å². The van der Waals surface area contributed by atoms with Crippen LogP contribution in [-0.4, -0.2) is 65.4 Å². The molecule has 1 aliphatic heterocycles. The summed E-state index contributed by atoms with van der Waals surface area (Å²) in [5.74, 6) is 0.151. The Hall–Kier alpha value is -2.45. The number of carbonyl (C=O) groups excluding carboxylic acids is 1. The lowest BCUT2D eigenvalue weighted by atomic mass is 10.00. The van der Waals surface area contributed by atoms with Crippen LogP contribution in [0.3, 0.4) is 0 Å². The highest BCUT2D eigenvalue weighted by atomic mass is 16.5. The average molecular weight is 360 g/mol. The average Bonchev–Trinajstić information content (AvgIpc) is 2.98. The van der Waals surface area contributed by atoms with Crippen molar-refractivity contribution in [3.63, 3.8) is 0 Å². The molecule has 26 heavy (non-hydrogen) atoms. The van der Waals surface area contributed by atoms with E-state index >= 15 is 0 Å². The van der Waals surface area contributed by atoms with Crippen LogP contribution in [0.5, 0.6) is 0 Å². The molecule has 8 heteroatoms. The van der Waals surface area contributed by atoms with E-state index in [4.69, 9.17) is 9.15 Å². The molecule has 1 fully saturated rings. The summed E-state index contributed by atoms with van der Waals surface area (Å²) >= 11 is 0. The number of carbonyl (C=O) groups is 1. The predicted octanol–water partition coefficient (Wildman–Crippen LogP) is 0.826. The van der Waals surface area contributed by atoms with Crippen molar-refractivity contribution in [2.75, 3.05) is 33.8 Å². The summed E-state index contributed by atoms with van der Waals surface area (Å²) in [7, 11) is 5.76. The van der Waals surface area contributed by atoms with Crippen molar-refractivity contribution in [3.05, 3.63) is 51.8 Å². The third-order valence-corrected chi connectivity index (χ3v) is 4.32. The van der Waals surface area contributed by atoms with Gasteiger partial charge in [-0.25, -0.2) is 0 Å². The molecule has 1 aliphatic rings. The molecule has 0 aliphatic carbocycles. The lowest BCUT2D eigenvalue weighted by molar-refractivity contribution is -0.0692. The molecule has 0 unspecified atom stereocenters. The number of nitrogens with zero attached hydrogens (tertiary/aromatic N) is 4. The second-order valence-electron chi connectivity index (χ2n) is 6.83. The minimum atomic E-state index is -0.313. The summed E-state index contributed by atoms with van der Waals surface area (Å²) in [5.41, 5.74) is 0.649. The van der Waals surface area contributed by atoms with E-state index in [1.807, 2.05) is 32.2 Å². The Kier molecular flexibility index (Phi) is 5.24. The Morgan fingerprint density at radius 3 is 2.77 bits per heavy atom. The number of hydrogen-bond donors (Lipinski definition) is 0. The van der Waals surface area contributed by atoms with Gasteiger partial charge >= 0.3 is 0 Å². The van der Waals surface area contributed by atoms with Crippen LogP contribution in [0.2, 0.25) is 0 Å². The fourth-order valence-electron chi connectivity index (χ4n) is 3.31. The summed E-state index contributed by atoms with van der Waals surface area (Å²) < 4.78 is 13.2. The molecule has 0 N–H and O–H groups in total. The molecular formula is C18H24N4O4. The van der Waals surface area contributed by atoms with Crippen molar-refractivity contribution in [2.45, 2.75) is 19.1 Å². The maximum absolute atomic E-state index is 13.1. The molecule has 3 heterocycles. The van der Waals surface area contributed by atoms with Gasteiger partial charge in [0, 0.05) is 44.0 Å². The molecule has 8 nitrogen and oxygen atoms in total. The van der Waals surface area contributed by atoms with Gasteiger partial charge in [0.2, 0.25) is 0 Å². The van der Waals surface area contributed by atoms with Crippen molar-refractivity contribution < 1.29 is 13.9 Å². The first kappa shape index (κ1) is 18.3. The summed E-state index contributed by atoms with van der Waals surface area (Å²) in [4.78, 5) is 28.6. The van der Waals surface area contributed by atoms with E-state index in [2.05, 4.69) is 5.10 Å². The Bertz CT molecular complexity index is 842. The van der Waals surface area contributed by atoms with Crippen molar-refractivity contribution in [3.8, 4) is 0 Å². The number of amides is 1. The minimum absolute atomic E-state index is 0.0504. The van der Waals surface area contributed by atoms with Crippen LogP contribution in [0, 0.1) is 6.92 Å². The lowest BCUT2D eigenvalue weighted by Crippen LogP contribution is -2.51. The van der Waals surface area contributed by atoms with Gasteiger partial charge in [-0.3, -0.25) is 14.3 Å². The Labute approximate surface area is 152 Å². The largest absolute Gasteiger partial charge is 0.456 e. The Balaban J connectivity index is 1.98. The van der Waals surface area contributed by atoms with Crippen molar-refractivity contribution in [1.82, 2.24) is 19.6 Å². The van der Waals surface area contributed by atoms with Gasteiger partial charge in [0.25, 0.3) is 5.91 Å². The van der Waals surface area contributed by atoms with Crippen molar-refractivity contribution in [2.24, 2.45) is 7.05 Å². The molecule has 140 valence electrons. The number of ether oxygens (including phenoxy) is 1. The predicted molar refractivity (Wildman–Crippen MR) is 95.0 cm³/mol. The number of hydrogen-bond acceptors (Lipinski definition) is 6. The van der Waals surface area contributed by atoms with Gasteiger partial charge in [-0.05, 0) is 21.0 Å². The zero-order valence-electron chi connectivity index (χ0n) is 15.5. The fourth-order valence-corrected chi connectivity index (χ4v) is 3.31. The number of aryl methyl sites for hydroxylation is 2. The van der Waals surface area contributed by atoms with E-state index in [0.29, 0.717) is 25.5 Å². The summed E-state index contributed by atoms with van der Waals surface area (Å²) in [6, 6.07) is 2.30. The fraction of sp³-hybridized carbons (Fsp3) is 0.500. The van der Waals surface area contributed by atoms with E-state index in [9.17, 15) is 9.59 Å². The molecular weight excluding hydrogens is 336 g/mol. The molecule has 0 saturated carbocycles. The van der Waals surface area contributed by atoms with Gasteiger partial charge in [0.05, 0.1) is 24.9 Å². The first-order valence-corrected chi connectivity index (χ1v) is 8.53. The highest BCUT2D eigenvalue weighted by Gasteiger charge is 2.38. The molecule has 3 rings (SSSR count). The molecule has 2 aromatic heterocycles. The SMILES string of the molecule is Cc1cc(=O)cc(C(=O)N2CCO[C@@H](CN(C)C)[C@@H]2c2cnn(C)c2)o1. The van der Waals surface area contributed by atoms with Crippen LogP contribution in [0.4, 0.5) is 0 Å². The summed E-state index contributed by atoms with van der Waals surface area (Å²) in [6.45, 7) is 3.16. The van der Waals surface area contributed by atoms with Crippen LogP contribution in [0.1, 0.15) is 27.9 Å². The molecule has 2 aromatic rings. The van der Waals surface area contributed by atoms with Gasteiger partial charge < -0.3 is 19.0 Å². The second kappa shape index (κ2) is 7.43. The van der Waals surface area contributed by atoms with Crippen LogP contribution in [0.25, 0.3) is 0 Å². The molecule has 0 bridgehead atoms. The Morgan fingerprint density at radius 1 is 1.38 bits per heavy atom. The van der Waals surface area contributed by atoms with E-state index in [0.717, 1.165) is 5.56 Å². The monoisotopic (exact) mass is 360 g/mol. The molecule has 0 spiro atoms. The minimum Gasteiger partial charge on any atom is -0.456 e. The van der Waals surface area contributed by atoms with Gasteiger partial charge in [0.1, 0.15) is 5.76 Å². The van der Waals surface area contributed by atoms with Crippen LogP contribution in [0.15, 0.2) is 33.7 Å². The molecule has 0 radical (unpaired) electrons. The van der Waals surface area contributed by atoms with Gasteiger partial charge in [-0.2, -0.15) is 5.10 Å². The summed E-state index contributed by atoms with van der Waals surface area (Å²) in [6.07, 6.45) is 3.42. The molecule has 2 atom stereocenters. The standard InChI is InChI=1S/C18H24N4O4/c1-12-7-14(23)8-15(26-12)18(24)22-5-6-25-16(11-20(2)3)17(22)13-9-19-21(4)10-13/h7-10,16-17H,5-6,11H2,1-4H3/t16-,17-/m0/s1. The van der Waals surface area contributed by atoms with Gasteiger partial charge in [0.15, 0.2) is 11.2 Å². The zero-order valence-corrected chi connectivity index (χ0v) is 15.5. The number of aromatic nitrogens is 2. The number of rotatable bonds is 4. The zero-order chi connectivity index (χ0) is 18.8. The van der Waals surface area contributed by atoms with Crippen LogP contribution >= 0.6 is 0 Å². The van der Waals surface area contributed by atoms with E-state index in [1.54, 1.807) is 22.7 Å². The maximum atomic E-state index is 13.1. The van der Waals surface area contributed by atoms with E-state index in [-0.39, 0.29) is 29.2 Å². The Morgan fingerprint density at radius 2 is 2.15 bits per heavy atom. The first-order chi connectivity index (χ1) is 12.3. The molecule has 1 saturated heterocycles. The molecule has 0 aromatic carbocycles. The lowest BCUT2D eigenvalue weighted by Gasteiger charge is -2.41. The maximum Gasteiger partial charge on any atom is 0.290 e. The molecule has 1 amide bonds. The smallest absolute Gasteiger partial charge is 0.290 e. The quantitative estimate of drug-likeness (QED) is 0.803. The van der Waals surface area contributed by atoms with Crippen molar-refractivity contribution >= 4 is 5.91 Å². The number of likely N-dealkylation sites (N-methyl/N-ethyl adjacent to an activating group) is 1. The summed E-state index contributed by atoms with van der Waals surface area (Å²) in [5, 5.41) is 4.24. The second-order valence-corrected chi connectivity index (χ2v) is 6.83. The van der Waals surface area contributed by atoms with Gasteiger partial charge in [-0.1, -0.05) is 0 Å². The number of morpholine rings is 1. The third kappa shape index (κ3) is 3.86. The van der Waals surface area contributed by atoms with E-state index in [1.165, 1.54) is 12.1 Å². The van der Waals surface area contributed by atoms with E-state index < -0.39 is 0 Å².